The number of carbonyl (C=O) groups is 2. The monoisotopic (exact) mass is 370 g/mol. The van der Waals surface area contributed by atoms with Crippen molar-refractivity contribution in [3.8, 4) is 0 Å². The minimum atomic E-state index is -0.116. The quantitative estimate of drug-likeness (QED) is 0.365. The molecule has 2 saturated heterocycles. The third kappa shape index (κ3) is 9.53. The molecule has 0 saturated carbocycles. The van der Waals surface area contributed by atoms with Crippen LogP contribution in [-0.2, 0) is 28.5 Å². The molecule has 2 aliphatic rings. The molecule has 0 aliphatic carbocycles. The SMILES string of the molecule is O=C(CCCCCCCCC(=O)OC[C@@H]1CCCO1)OC[C@@H]1CCCO1. The molecular formula is C20H34O6. The Balaban J connectivity index is 1.32. The van der Waals surface area contributed by atoms with Gasteiger partial charge in [0.2, 0.25) is 0 Å². The fourth-order valence-electron chi connectivity index (χ4n) is 3.31. The van der Waals surface area contributed by atoms with Crippen LogP contribution in [0.15, 0.2) is 0 Å². The molecule has 0 aromatic heterocycles. The van der Waals surface area contributed by atoms with E-state index in [-0.39, 0.29) is 24.1 Å². The number of ether oxygens (including phenoxy) is 4. The van der Waals surface area contributed by atoms with E-state index in [1.54, 1.807) is 0 Å². The summed E-state index contributed by atoms with van der Waals surface area (Å²) >= 11 is 0. The van der Waals surface area contributed by atoms with Crippen LogP contribution >= 0.6 is 0 Å². The van der Waals surface area contributed by atoms with E-state index in [2.05, 4.69) is 0 Å². The lowest BCUT2D eigenvalue weighted by atomic mass is 10.1. The van der Waals surface area contributed by atoms with Gasteiger partial charge in [-0.2, -0.15) is 0 Å². The first kappa shape index (κ1) is 21.2. The summed E-state index contributed by atoms with van der Waals surface area (Å²) in [7, 11) is 0. The van der Waals surface area contributed by atoms with Crippen molar-refractivity contribution in [2.45, 2.75) is 89.3 Å². The Kier molecular flexibility index (Phi) is 10.7. The van der Waals surface area contributed by atoms with Gasteiger partial charge in [-0.3, -0.25) is 9.59 Å². The van der Waals surface area contributed by atoms with E-state index in [0.29, 0.717) is 26.1 Å². The Hall–Kier alpha value is -1.14. The largest absolute Gasteiger partial charge is 0.463 e. The Labute approximate surface area is 156 Å². The van der Waals surface area contributed by atoms with E-state index in [1.807, 2.05) is 0 Å². The minimum Gasteiger partial charge on any atom is -0.463 e. The Bertz CT molecular complexity index is 361. The highest BCUT2D eigenvalue weighted by atomic mass is 16.6. The molecule has 2 fully saturated rings. The first-order valence-electron chi connectivity index (χ1n) is 10.3. The molecule has 2 atom stereocenters. The zero-order chi connectivity index (χ0) is 18.5. The molecule has 0 bridgehead atoms. The second kappa shape index (κ2) is 13.1. The summed E-state index contributed by atoms with van der Waals surface area (Å²) < 4.78 is 21.3. The van der Waals surface area contributed by atoms with Crippen LogP contribution in [0.1, 0.15) is 77.0 Å². The first-order valence-corrected chi connectivity index (χ1v) is 10.3. The summed E-state index contributed by atoms with van der Waals surface area (Å²) in [6.45, 7) is 2.38. The fraction of sp³-hybridized carbons (Fsp3) is 0.900. The molecule has 26 heavy (non-hydrogen) atoms. The van der Waals surface area contributed by atoms with Gasteiger partial charge in [0.05, 0.1) is 12.2 Å². The molecule has 0 N–H and O–H groups in total. The molecule has 0 aromatic rings. The van der Waals surface area contributed by atoms with Gasteiger partial charge in [-0.05, 0) is 38.5 Å². The van der Waals surface area contributed by atoms with Crippen molar-refractivity contribution in [2.75, 3.05) is 26.4 Å². The lowest BCUT2D eigenvalue weighted by Crippen LogP contribution is -2.17. The van der Waals surface area contributed by atoms with Gasteiger partial charge in [0.25, 0.3) is 0 Å². The second-order valence-corrected chi connectivity index (χ2v) is 7.26. The summed E-state index contributed by atoms with van der Waals surface area (Å²) in [6, 6.07) is 0. The third-order valence-electron chi connectivity index (χ3n) is 4.92. The molecule has 2 heterocycles. The van der Waals surface area contributed by atoms with E-state index in [0.717, 1.165) is 77.4 Å². The summed E-state index contributed by atoms with van der Waals surface area (Å²) in [5, 5.41) is 0. The highest BCUT2D eigenvalue weighted by Crippen LogP contribution is 2.14. The van der Waals surface area contributed by atoms with Gasteiger partial charge < -0.3 is 18.9 Å². The molecule has 2 aliphatic heterocycles. The number of hydrogen-bond acceptors (Lipinski definition) is 6. The highest BCUT2D eigenvalue weighted by Gasteiger charge is 2.18. The predicted octanol–water partition coefficient (Wildman–Crippen LogP) is 3.55. The molecule has 6 heteroatoms. The van der Waals surface area contributed by atoms with Gasteiger partial charge in [-0.15, -0.1) is 0 Å². The maximum Gasteiger partial charge on any atom is 0.305 e. The molecular weight excluding hydrogens is 336 g/mol. The van der Waals surface area contributed by atoms with Gasteiger partial charge in [-0.1, -0.05) is 25.7 Å². The number of esters is 2. The van der Waals surface area contributed by atoms with Crippen LogP contribution in [0, 0.1) is 0 Å². The standard InChI is InChI=1S/C20H34O6/c21-19(25-15-17-9-7-13-23-17)11-5-3-1-2-4-6-12-20(22)26-16-18-10-8-14-24-18/h17-18H,1-16H2/t17-,18-/m0/s1. The number of unbranched alkanes of at least 4 members (excludes halogenated alkanes) is 5. The van der Waals surface area contributed by atoms with Crippen LogP contribution in [0.5, 0.6) is 0 Å². The van der Waals surface area contributed by atoms with E-state index in [4.69, 9.17) is 18.9 Å². The highest BCUT2D eigenvalue weighted by molar-refractivity contribution is 5.69. The smallest absolute Gasteiger partial charge is 0.305 e. The lowest BCUT2D eigenvalue weighted by Gasteiger charge is -2.10. The van der Waals surface area contributed by atoms with Crippen molar-refractivity contribution in [1.29, 1.82) is 0 Å². The van der Waals surface area contributed by atoms with Crippen molar-refractivity contribution in [2.24, 2.45) is 0 Å². The van der Waals surface area contributed by atoms with Gasteiger partial charge in [0.1, 0.15) is 13.2 Å². The molecule has 2 rings (SSSR count). The lowest BCUT2D eigenvalue weighted by molar-refractivity contribution is -0.147. The van der Waals surface area contributed by atoms with Crippen LogP contribution in [0.25, 0.3) is 0 Å². The van der Waals surface area contributed by atoms with Gasteiger partial charge in [-0.25, -0.2) is 0 Å². The average molecular weight is 370 g/mol. The molecule has 0 unspecified atom stereocenters. The molecule has 0 radical (unpaired) electrons. The summed E-state index contributed by atoms with van der Waals surface area (Å²) in [6.07, 6.45) is 11.3. The maximum atomic E-state index is 11.6. The summed E-state index contributed by atoms with van der Waals surface area (Å²) in [5.74, 6) is -0.232. The molecule has 0 aromatic carbocycles. The zero-order valence-electron chi connectivity index (χ0n) is 15.9. The number of rotatable bonds is 13. The normalized spacial score (nSPS) is 22.5. The first-order chi connectivity index (χ1) is 12.7. The van der Waals surface area contributed by atoms with Gasteiger partial charge >= 0.3 is 11.9 Å². The number of carbonyl (C=O) groups excluding carboxylic acids is 2. The minimum absolute atomic E-state index is 0.108. The van der Waals surface area contributed by atoms with Crippen LogP contribution in [0.2, 0.25) is 0 Å². The topological polar surface area (TPSA) is 71.1 Å². The van der Waals surface area contributed by atoms with Crippen molar-refractivity contribution in [1.82, 2.24) is 0 Å². The van der Waals surface area contributed by atoms with E-state index < -0.39 is 0 Å². The van der Waals surface area contributed by atoms with Crippen molar-refractivity contribution >= 4 is 11.9 Å². The summed E-state index contributed by atoms with van der Waals surface area (Å²) in [5.41, 5.74) is 0. The number of hydrogen-bond donors (Lipinski definition) is 0. The van der Waals surface area contributed by atoms with Crippen LogP contribution < -0.4 is 0 Å². The second-order valence-electron chi connectivity index (χ2n) is 7.26. The molecule has 6 nitrogen and oxygen atoms in total. The molecule has 0 amide bonds. The zero-order valence-corrected chi connectivity index (χ0v) is 15.9. The van der Waals surface area contributed by atoms with Gasteiger partial charge in [0.15, 0.2) is 0 Å². The van der Waals surface area contributed by atoms with Crippen molar-refractivity contribution < 1.29 is 28.5 Å². The predicted molar refractivity (Wildman–Crippen MR) is 96.8 cm³/mol. The van der Waals surface area contributed by atoms with Crippen LogP contribution in [0.3, 0.4) is 0 Å². The van der Waals surface area contributed by atoms with Gasteiger partial charge in [0, 0.05) is 26.1 Å². The van der Waals surface area contributed by atoms with Crippen molar-refractivity contribution in [3.05, 3.63) is 0 Å². The Morgan fingerprint density at radius 1 is 0.692 bits per heavy atom. The summed E-state index contributed by atoms with van der Waals surface area (Å²) in [4.78, 5) is 23.3. The van der Waals surface area contributed by atoms with Crippen LogP contribution in [0.4, 0.5) is 0 Å². The maximum absolute atomic E-state index is 11.6. The third-order valence-corrected chi connectivity index (χ3v) is 4.92. The average Bonchev–Trinajstić information content (AvgIpc) is 3.34. The van der Waals surface area contributed by atoms with E-state index in [1.165, 1.54) is 0 Å². The Morgan fingerprint density at radius 3 is 1.50 bits per heavy atom. The van der Waals surface area contributed by atoms with Crippen LogP contribution in [-0.4, -0.2) is 50.6 Å². The Morgan fingerprint density at radius 2 is 1.12 bits per heavy atom. The van der Waals surface area contributed by atoms with E-state index in [9.17, 15) is 9.59 Å². The van der Waals surface area contributed by atoms with E-state index >= 15 is 0 Å². The molecule has 150 valence electrons. The molecule has 0 spiro atoms. The fourth-order valence-corrected chi connectivity index (χ4v) is 3.31. The van der Waals surface area contributed by atoms with Crippen molar-refractivity contribution in [3.63, 3.8) is 0 Å².